The lowest BCUT2D eigenvalue weighted by Gasteiger charge is -2.23. The van der Waals surface area contributed by atoms with Gasteiger partial charge in [0.2, 0.25) is 5.91 Å². The Morgan fingerprint density at radius 1 is 1.04 bits per heavy atom. The molecule has 1 amide bonds. The summed E-state index contributed by atoms with van der Waals surface area (Å²) in [6.45, 7) is 4.61. The Balaban J connectivity index is 1.56. The van der Waals surface area contributed by atoms with Crippen LogP contribution in [0.3, 0.4) is 0 Å². The number of nitrogens with zero attached hydrogens (tertiary/aromatic N) is 2. The first-order chi connectivity index (χ1) is 12.1. The largest absolute Gasteiger partial charge is 0.373 e. The van der Waals surface area contributed by atoms with Gasteiger partial charge in [0.15, 0.2) is 0 Å². The molecule has 0 saturated carbocycles. The van der Waals surface area contributed by atoms with Crippen LogP contribution in [0.25, 0.3) is 0 Å². The maximum Gasteiger partial charge on any atom is 0.223 e. The van der Waals surface area contributed by atoms with Gasteiger partial charge in [0.05, 0.1) is 0 Å². The van der Waals surface area contributed by atoms with Crippen LogP contribution in [0.4, 0.5) is 5.69 Å². The van der Waals surface area contributed by atoms with E-state index in [0.29, 0.717) is 12.3 Å². The number of carbonyl (C=O) groups excluding carboxylic acids is 1. The zero-order valence-corrected chi connectivity index (χ0v) is 15.3. The molecule has 3 nitrogen and oxygen atoms in total. The fraction of sp³-hybridized carbons (Fsp3) is 0.409. The monoisotopic (exact) mass is 336 g/mol. The van der Waals surface area contributed by atoms with Crippen LogP contribution in [0.15, 0.2) is 54.6 Å². The van der Waals surface area contributed by atoms with Gasteiger partial charge in [-0.05, 0) is 36.0 Å². The van der Waals surface area contributed by atoms with Crippen LogP contribution >= 0.6 is 0 Å². The molecular weight excluding hydrogens is 308 g/mol. The maximum absolute atomic E-state index is 12.8. The molecule has 3 rings (SSSR count). The van der Waals surface area contributed by atoms with Gasteiger partial charge in [-0.3, -0.25) is 4.79 Å². The Bertz CT molecular complexity index is 698. The third-order valence-electron chi connectivity index (χ3n) is 5.11. The Morgan fingerprint density at radius 2 is 1.76 bits per heavy atom. The van der Waals surface area contributed by atoms with Crippen LogP contribution in [0, 0.1) is 5.92 Å². The molecule has 0 aliphatic carbocycles. The van der Waals surface area contributed by atoms with Gasteiger partial charge in [-0.15, -0.1) is 0 Å². The highest BCUT2D eigenvalue weighted by atomic mass is 16.2. The van der Waals surface area contributed by atoms with Gasteiger partial charge in [0, 0.05) is 38.8 Å². The number of para-hydroxylation sites is 1. The third kappa shape index (κ3) is 4.62. The smallest absolute Gasteiger partial charge is 0.223 e. The topological polar surface area (TPSA) is 23.6 Å². The molecule has 0 aromatic heterocycles. The van der Waals surface area contributed by atoms with Crippen LogP contribution in [-0.2, 0) is 17.8 Å². The molecule has 1 atom stereocenters. The van der Waals surface area contributed by atoms with Gasteiger partial charge in [0.25, 0.3) is 0 Å². The number of rotatable bonds is 5. The molecule has 0 saturated heterocycles. The lowest BCUT2D eigenvalue weighted by Crippen LogP contribution is -2.35. The van der Waals surface area contributed by atoms with E-state index in [1.165, 1.54) is 16.8 Å². The number of hydrogen-bond acceptors (Lipinski definition) is 2. The van der Waals surface area contributed by atoms with E-state index in [1.807, 2.05) is 11.0 Å². The van der Waals surface area contributed by atoms with E-state index in [9.17, 15) is 4.79 Å². The number of aryl methyl sites for hydroxylation is 1. The van der Waals surface area contributed by atoms with Crippen LogP contribution < -0.4 is 4.90 Å². The molecule has 0 bridgehead atoms. The minimum absolute atomic E-state index is 0.283. The molecule has 25 heavy (non-hydrogen) atoms. The normalized spacial score (nSPS) is 15.4. The van der Waals surface area contributed by atoms with Crippen molar-refractivity contribution in [2.45, 2.75) is 32.7 Å². The van der Waals surface area contributed by atoms with Crippen molar-refractivity contribution in [3.05, 3.63) is 65.7 Å². The van der Waals surface area contributed by atoms with E-state index in [2.05, 4.69) is 67.4 Å². The number of fused-ring (bicyclic) bond motifs is 1. The molecule has 0 fully saturated rings. The van der Waals surface area contributed by atoms with Crippen molar-refractivity contribution in [1.82, 2.24) is 4.90 Å². The molecule has 0 radical (unpaired) electrons. The average Bonchev–Trinajstić information content (AvgIpc) is 2.80. The van der Waals surface area contributed by atoms with Gasteiger partial charge in [-0.1, -0.05) is 55.5 Å². The fourth-order valence-corrected chi connectivity index (χ4v) is 3.49. The van der Waals surface area contributed by atoms with E-state index in [0.717, 1.165) is 32.5 Å². The zero-order valence-electron chi connectivity index (χ0n) is 15.3. The molecular formula is C22H28N2O. The van der Waals surface area contributed by atoms with Crippen LogP contribution in [0.5, 0.6) is 0 Å². The third-order valence-corrected chi connectivity index (χ3v) is 5.11. The predicted molar refractivity (Wildman–Crippen MR) is 104 cm³/mol. The molecule has 1 unspecified atom stereocenters. The highest BCUT2D eigenvalue weighted by Crippen LogP contribution is 2.24. The second kappa shape index (κ2) is 8.19. The SMILES string of the molecule is CC(CCc1ccccc1)CC(=O)N1CCN(C)c2ccccc2C1. The molecule has 3 heteroatoms. The summed E-state index contributed by atoms with van der Waals surface area (Å²) in [7, 11) is 2.11. The van der Waals surface area contributed by atoms with Crippen LogP contribution in [0.1, 0.15) is 30.9 Å². The van der Waals surface area contributed by atoms with Gasteiger partial charge >= 0.3 is 0 Å². The quantitative estimate of drug-likeness (QED) is 0.820. The minimum atomic E-state index is 0.283. The molecule has 1 heterocycles. The van der Waals surface area contributed by atoms with E-state index >= 15 is 0 Å². The molecule has 132 valence electrons. The van der Waals surface area contributed by atoms with Crippen molar-refractivity contribution < 1.29 is 4.79 Å². The summed E-state index contributed by atoms with van der Waals surface area (Å²) in [4.78, 5) is 17.1. The van der Waals surface area contributed by atoms with E-state index in [1.54, 1.807) is 0 Å². The van der Waals surface area contributed by atoms with Gasteiger partial charge in [0.1, 0.15) is 0 Å². The summed E-state index contributed by atoms with van der Waals surface area (Å²) in [5, 5.41) is 0. The van der Waals surface area contributed by atoms with Crippen molar-refractivity contribution >= 4 is 11.6 Å². The summed E-state index contributed by atoms with van der Waals surface area (Å²) in [5.74, 6) is 0.689. The van der Waals surface area contributed by atoms with Crippen molar-refractivity contribution in [1.29, 1.82) is 0 Å². The lowest BCUT2D eigenvalue weighted by atomic mass is 9.97. The number of hydrogen-bond donors (Lipinski definition) is 0. The fourth-order valence-electron chi connectivity index (χ4n) is 3.49. The van der Waals surface area contributed by atoms with Gasteiger partial charge in [-0.2, -0.15) is 0 Å². The van der Waals surface area contributed by atoms with Crippen molar-refractivity contribution in [3.63, 3.8) is 0 Å². The molecule has 1 aliphatic heterocycles. The number of likely N-dealkylation sites (N-methyl/N-ethyl adjacent to an activating group) is 1. The molecule has 1 aliphatic rings. The Labute approximate surface area is 151 Å². The van der Waals surface area contributed by atoms with E-state index in [-0.39, 0.29) is 5.91 Å². The zero-order chi connectivity index (χ0) is 17.6. The van der Waals surface area contributed by atoms with E-state index in [4.69, 9.17) is 0 Å². The molecule has 0 N–H and O–H groups in total. The van der Waals surface area contributed by atoms with Crippen LogP contribution in [-0.4, -0.2) is 30.9 Å². The second-order valence-corrected chi connectivity index (χ2v) is 7.20. The predicted octanol–water partition coefficient (Wildman–Crippen LogP) is 4.12. The molecule has 2 aromatic carbocycles. The average molecular weight is 336 g/mol. The Kier molecular flexibility index (Phi) is 5.75. The lowest BCUT2D eigenvalue weighted by molar-refractivity contribution is -0.132. The van der Waals surface area contributed by atoms with E-state index < -0.39 is 0 Å². The summed E-state index contributed by atoms with van der Waals surface area (Å²) >= 11 is 0. The van der Waals surface area contributed by atoms with Crippen molar-refractivity contribution in [2.24, 2.45) is 5.92 Å². The summed E-state index contributed by atoms with van der Waals surface area (Å²) in [6.07, 6.45) is 2.74. The first-order valence-electron chi connectivity index (χ1n) is 9.24. The van der Waals surface area contributed by atoms with Crippen molar-refractivity contribution in [2.75, 3.05) is 25.0 Å². The Hall–Kier alpha value is -2.29. The highest BCUT2D eigenvalue weighted by molar-refractivity contribution is 5.77. The summed E-state index contributed by atoms with van der Waals surface area (Å²) in [5.41, 5.74) is 3.84. The van der Waals surface area contributed by atoms with Gasteiger partial charge in [-0.25, -0.2) is 0 Å². The number of benzene rings is 2. The van der Waals surface area contributed by atoms with Gasteiger partial charge < -0.3 is 9.80 Å². The summed E-state index contributed by atoms with van der Waals surface area (Å²) < 4.78 is 0. The highest BCUT2D eigenvalue weighted by Gasteiger charge is 2.22. The minimum Gasteiger partial charge on any atom is -0.373 e. The molecule has 0 spiro atoms. The first kappa shape index (κ1) is 17.5. The Morgan fingerprint density at radius 3 is 2.56 bits per heavy atom. The summed E-state index contributed by atoms with van der Waals surface area (Å²) in [6, 6.07) is 18.9. The van der Waals surface area contributed by atoms with Crippen LogP contribution in [0.2, 0.25) is 0 Å². The maximum atomic E-state index is 12.8. The van der Waals surface area contributed by atoms with Crippen molar-refractivity contribution in [3.8, 4) is 0 Å². The number of carbonyl (C=O) groups is 1. The number of amides is 1. The first-order valence-corrected chi connectivity index (χ1v) is 9.24. The molecule has 2 aromatic rings. The number of anilines is 1. The second-order valence-electron chi connectivity index (χ2n) is 7.20. The standard InChI is InChI=1S/C22H28N2O/c1-18(12-13-19-8-4-3-5-9-19)16-22(25)24-15-14-23(2)21-11-7-6-10-20(21)17-24/h3-11,18H,12-17H2,1-2H3.